The Labute approximate surface area is 166 Å². The van der Waals surface area contributed by atoms with Gasteiger partial charge in [0.2, 0.25) is 0 Å². The summed E-state index contributed by atoms with van der Waals surface area (Å²) in [6.07, 6.45) is 5.97. The van der Waals surface area contributed by atoms with Gasteiger partial charge in [0.1, 0.15) is 11.9 Å². The van der Waals surface area contributed by atoms with Crippen LogP contribution in [0.15, 0.2) is 36.4 Å². The molecular weight excluding hydrogens is 349 g/mol. The van der Waals surface area contributed by atoms with Gasteiger partial charge in [-0.25, -0.2) is 4.39 Å². The molecule has 1 aliphatic heterocycles. The lowest BCUT2D eigenvalue weighted by Gasteiger charge is -2.28. The third kappa shape index (κ3) is 3.23. The molecule has 3 nitrogen and oxygen atoms in total. The number of hydrogen-bond donors (Lipinski definition) is 1. The van der Waals surface area contributed by atoms with Gasteiger partial charge >= 0.3 is 0 Å². The van der Waals surface area contributed by atoms with Crippen LogP contribution < -0.4 is 5.73 Å². The smallest absolute Gasteiger partial charge is 0.141 e. The van der Waals surface area contributed by atoms with Gasteiger partial charge in [-0.15, -0.1) is 0 Å². The molecule has 4 heteroatoms. The number of rotatable bonds is 4. The van der Waals surface area contributed by atoms with Crippen molar-refractivity contribution in [1.29, 1.82) is 5.26 Å². The largest absolute Gasteiger partial charge is 0.328 e. The van der Waals surface area contributed by atoms with Crippen LogP contribution in [0.1, 0.15) is 54.7 Å². The van der Waals surface area contributed by atoms with E-state index in [0.29, 0.717) is 18.0 Å². The molecule has 0 unspecified atom stereocenters. The summed E-state index contributed by atoms with van der Waals surface area (Å²) in [5.74, 6) is 0.887. The van der Waals surface area contributed by atoms with E-state index in [4.69, 9.17) is 11.0 Å². The van der Waals surface area contributed by atoms with E-state index in [1.54, 1.807) is 6.07 Å². The number of halogens is 1. The standard InChI is InChI=1S/C24H26FN3/c25-23-10-17(6-7-18(23)12-26)22-3-1-2-19(24(22)16-4-5-16)14-28-13-15-8-20(27)11-21(28)9-15/h1-3,6-7,10,15-16,20-21H,4-5,8-9,11,13-14,27H2/t15-,20+,21-/m0/s1. The number of benzene rings is 2. The molecule has 2 N–H and O–H groups in total. The van der Waals surface area contributed by atoms with Gasteiger partial charge < -0.3 is 5.73 Å². The molecule has 2 aromatic carbocycles. The number of fused-ring (bicyclic) bond motifs is 2. The van der Waals surface area contributed by atoms with Crippen molar-refractivity contribution >= 4 is 0 Å². The summed E-state index contributed by atoms with van der Waals surface area (Å²) in [6, 6.07) is 14.3. The predicted molar refractivity (Wildman–Crippen MR) is 108 cm³/mol. The fraction of sp³-hybridized carbons (Fsp3) is 0.458. The van der Waals surface area contributed by atoms with E-state index in [1.807, 2.05) is 12.1 Å². The first-order chi connectivity index (χ1) is 13.6. The number of nitrogens with zero attached hydrogens (tertiary/aromatic N) is 2. The minimum absolute atomic E-state index is 0.105. The first-order valence-electron chi connectivity index (χ1n) is 10.4. The molecule has 3 fully saturated rings. The summed E-state index contributed by atoms with van der Waals surface area (Å²) in [6.45, 7) is 2.12. The van der Waals surface area contributed by atoms with Crippen LogP contribution in [0.4, 0.5) is 4.39 Å². The van der Waals surface area contributed by atoms with Crippen LogP contribution in [-0.4, -0.2) is 23.5 Å². The maximum atomic E-state index is 14.3. The highest BCUT2D eigenvalue weighted by molar-refractivity contribution is 5.71. The van der Waals surface area contributed by atoms with Crippen molar-refractivity contribution in [3.8, 4) is 17.2 Å². The van der Waals surface area contributed by atoms with E-state index in [9.17, 15) is 4.39 Å². The number of likely N-dealkylation sites (tertiary alicyclic amines) is 1. The zero-order chi connectivity index (χ0) is 19.3. The van der Waals surface area contributed by atoms with Crippen LogP contribution in [0.2, 0.25) is 0 Å². The molecular formula is C24H26FN3. The van der Waals surface area contributed by atoms with Crippen molar-refractivity contribution in [2.45, 2.75) is 56.7 Å². The number of hydrogen-bond acceptors (Lipinski definition) is 3. The number of nitriles is 1. The molecule has 0 aromatic heterocycles. The van der Waals surface area contributed by atoms with Gasteiger partial charge in [-0.3, -0.25) is 4.90 Å². The van der Waals surface area contributed by atoms with Gasteiger partial charge in [0.05, 0.1) is 5.56 Å². The first kappa shape index (κ1) is 17.8. The van der Waals surface area contributed by atoms with E-state index in [1.165, 1.54) is 36.5 Å². The lowest BCUT2D eigenvalue weighted by atomic mass is 9.87. The number of nitrogens with two attached hydrogens (primary N) is 1. The molecule has 2 aliphatic carbocycles. The molecule has 144 valence electrons. The Balaban J connectivity index is 1.49. The minimum Gasteiger partial charge on any atom is -0.328 e. The Morgan fingerprint density at radius 3 is 2.75 bits per heavy atom. The van der Waals surface area contributed by atoms with Crippen LogP contribution in [-0.2, 0) is 6.54 Å². The molecule has 3 aliphatic rings. The molecule has 5 rings (SSSR count). The highest BCUT2D eigenvalue weighted by atomic mass is 19.1. The summed E-state index contributed by atoms with van der Waals surface area (Å²) in [4.78, 5) is 2.63. The van der Waals surface area contributed by atoms with Crippen molar-refractivity contribution in [1.82, 2.24) is 4.90 Å². The maximum Gasteiger partial charge on any atom is 0.141 e. The Morgan fingerprint density at radius 1 is 1.14 bits per heavy atom. The zero-order valence-electron chi connectivity index (χ0n) is 16.1. The van der Waals surface area contributed by atoms with Crippen molar-refractivity contribution < 1.29 is 4.39 Å². The van der Waals surface area contributed by atoms with E-state index in [-0.39, 0.29) is 5.56 Å². The van der Waals surface area contributed by atoms with Crippen molar-refractivity contribution in [3.63, 3.8) is 0 Å². The fourth-order valence-corrected chi connectivity index (χ4v) is 5.42. The van der Waals surface area contributed by atoms with Crippen molar-refractivity contribution in [2.24, 2.45) is 11.7 Å². The van der Waals surface area contributed by atoms with E-state index >= 15 is 0 Å². The monoisotopic (exact) mass is 375 g/mol. The summed E-state index contributed by atoms with van der Waals surface area (Å²) < 4.78 is 14.3. The molecule has 1 saturated heterocycles. The molecule has 2 saturated carbocycles. The van der Waals surface area contributed by atoms with Gasteiger partial charge in [-0.1, -0.05) is 24.3 Å². The van der Waals surface area contributed by atoms with Crippen molar-refractivity contribution in [3.05, 3.63) is 58.9 Å². The highest BCUT2D eigenvalue weighted by Crippen LogP contribution is 2.47. The highest BCUT2D eigenvalue weighted by Gasteiger charge is 2.39. The first-order valence-corrected chi connectivity index (χ1v) is 10.4. The molecule has 2 aromatic rings. The molecule has 2 bridgehead atoms. The molecule has 3 atom stereocenters. The Bertz CT molecular complexity index is 943. The molecule has 0 spiro atoms. The minimum atomic E-state index is -0.436. The van der Waals surface area contributed by atoms with Crippen LogP contribution in [0.5, 0.6) is 0 Å². The average Bonchev–Trinajstić information content (AvgIpc) is 3.47. The zero-order valence-corrected chi connectivity index (χ0v) is 16.1. The topological polar surface area (TPSA) is 53.0 Å². The van der Waals surface area contributed by atoms with Crippen LogP contribution in [0.25, 0.3) is 11.1 Å². The molecule has 28 heavy (non-hydrogen) atoms. The van der Waals surface area contributed by atoms with E-state index in [0.717, 1.165) is 43.0 Å². The van der Waals surface area contributed by atoms with Crippen LogP contribution in [0.3, 0.4) is 0 Å². The summed E-state index contributed by atoms with van der Waals surface area (Å²) >= 11 is 0. The summed E-state index contributed by atoms with van der Waals surface area (Å²) in [5.41, 5.74) is 11.1. The van der Waals surface area contributed by atoms with Gasteiger partial charge in [0.25, 0.3) is 0 Å². The Kier molecular flexibility index (Phi) is 4.45. The second-order valence-electron chi connectivity index (χ2n) is 8.88. The van der Waals surface area contributed by atoms with E-state index < -0.39 is 5.82 Å². The van der Waals surface area contributed by atoms with Crippen LogP contribution in [0, 0.1) is 23.1 Å². The third-order valence-electron chi connectivity index (χ3n) is 6.78. The van der Waals surface area contributed by atoms with Crippen LogP contribution >= 0.6 is 0 Å². The lowest BCUT2D eigenvalue weighted by Crippen LogP contribution is -2.35. The summed E-state index contributed by atoms with van der Waals surface area (Å²) in [7, 11) is 0. The van der Waals surface area contributed by atoms with Gasteiger partial charge in [0, 0.05) is 25.2 Å². The van der Waals surface area contributed by atoms with Gasteiger partial charge in [-0.05, 0) is 78.3 Å². The second kappa shape index (κ2) is 6.99. The fourth-order valence-electron chi connectivity index (χ4n) is 5.42. The molecule has 0 amide bonds. The van der Waals surface area contributed by atoms with Gasteiger partial charge in [0.15, 0.2) is 0 Å². The normalized spacial score (nSPS) is 27.0. The average molecular weight is 375 g/mol. The predicted octanol–water partition coefficient (Wildman–Crippen LogP) is 4.55. The SMILES string of the molecule is N#Cc1ccc(-c2cccc(CN3C[C@H]4C[C@@H](N)C[C@@H]3C4)c2C2CC2)cc1F. The van der Waals surface area contributed by atoms with Gasteiger partial charge in [-0.2, -0.15) is 5.26 Å². The van der Waals surface area contributed by atoms with E-state index in [2.05, 4.69) is 23.1 Å². The quantitative estimate of drug-likeness (QED) is 0.853. The third-order valence-corrected chi connectivity index (χ3v) is 6.78. The molecule has 0 radical (unpaired) electrons. The maximum absolute atomic E-state index is 14.3. The Morgan fingerprint density at radius 2 is 2.00 bits per heavy atom. The Hall–Kier alpha value is -2.22. The summed E-state index contributed by atoms with van der Waals surface area (Å²) in [5, 5.41) is 9.03. The second-order valence-corrected chi connectivity index (χ2v) is 8.88. The molecule has 1 heterocycles. The van der Waals surface area contributed by atoms with Crippen molar-refractivity contribution in [2.75, 3.05) is 6.54 Å². The lowest BCUT2D eigenvalue weighted by molar-refractivity contribution is 0.229.